The van der Waals surface area contributed by atoms with E-state index in [1.165, 1.54) is 29.6 Å². The summed E-state index contributed by atoms with van der Waals surface area (Å²) in [6, 6.07) is 10.3. The lowest BCUT2D eigenvalue weighted by Crippen LogP contribution is -1.98. The fourth-order valence-corrected chi connectivity index (χ4v) is 4.78. The van der Waals surface area contributed by atoms with Crippen LogP contribution in [-0.2, 0) is 11.3 Å². The number of ether oxygens (including phenoxy) is 1. The molecule has 0 saturated heterocycles. The van der Waals surface area contributed by atoms with Crippen molar-refractivity contribution < 1.29 is 9.53 Å². The molecule has 25 heavy (non-hydrogen) atoms. The van der Waals surface area contributed by atoms with Gasteiger partial charge in [0.2, 0.25) is 0 Å². The third-order valence-electron chi connectivity index (χ3n) is 3.61. The van der Waals surface area contributed by atoms with Gasteiger partial charge in [0.05, 0.1) is 17.0 Å². The van der Waals surface area contributed by atoms with Crippen molar-refractivity contribution in [2.24, 2.45) is 0 Å². The standard InChI is InChI=1S/C18H18N2O2S3/c1-11-4-6-12(7-5-11)9-19-18-20-14(10-24-18)13-8-15(16(21)22-2)25-17(13)23-3/h4-8,10H,9H2,1-3H3,(H,19,20). The fraction of sp³-hybridized carbons (Fsp3) is 0.222. The summed E-state index contributed by atoms with van der Waals surface area (Å²) in [5, 5.41) is 6.24. The number of benzene rings is 1. The van der Waals surface area contributed by atoms with E-state index in [-0.39, 0.29) is 5.97 Å². The quantitative estimate of drug-likeness (QED) is 0.457. The van der Waals surface area contributed by atoms with Gasteiger partial charge in [-0.2, -0.15) is 0 Å². The van der Waals surface area contributed by atoms with E-state index in [9.17, 15) is 4.79 Å². The maximum atomic E-state index is 11.8. The van der Waals surface area contributed by atoms with Crippen LogP contribution in [-0.4, -0.2) is 24.3 Å². The lowest BCUT2D eigenvalue weighted by atomic mass is 10.1. The molecule has 0 saturated carbocycles. The van der Waals surface area contributed by atoms with Crippen LogP contribution in [0, 0.1) is 6.92 Å². The normalized spacial score (nSPS) is 10.7. The molecule has 7 heteroatoms. The molecule has 1 N–H and O–H groups in total. The number of thiophene rings is 1. The molecule has 2 heterocycles. The number of thiazole rings is 1. The first-order valence-electron chi connectivity index (χ1n) is 7.62. The molecule has 0 spiro atoms. The average Bonchev–Trinajstić information content (AvgIpc) is 3.27. The minimum atomic E-state index is -0.306. The lowest BCUT2D eigenvalue weighted by molar-refractivity contribution is 0.0606. The van der Waals surface area contributed by atoms with Crippen LogP contribution in [0.1, 0.15) is 20.8 Å². The van der Waals surface area contributed by atoms with Gasteiger partial charge in [-0.25, -0.2) is 9.78 Å². The Hall–Kier alpha value is -1.83. The molecule has 0 amide bonds. The predicted octanol–water partition coefficient (Wildman–Crippen LogP) is 5.30. The van der Waals surface area contributed by atoms with Gasteiger partial charge in [-0.3, -0.25) is 0 Å². The molecule has 2 aromatic heterocycles. The van der Waals surface area contributed by atoms with Gasteiger partial charge >= 0.3 is 5.97 Å². The van der Waals surface area contributed by atoms with E-state index in [4.69, 9.17) is 4.74 Å². The summed E-state index contributed by atoms with van der Waals surface area (Å²) in [5.41, 5.74) is 4.34. The average molecular weight is 391 g/mol. The molecule has 0 unspecified atom stereocenters. The number of hydrogen-bond acceptors (Lipinski definition) is 7. The van der Waals surface area contributed by atoms with E-state index < -0.39 is 0 Å². The van der Waals surface area contributed by atoms with E-state index in [2.05, 4.69) is 41.5 Å². The van der Waals surface area contributed by atoms with Crippen molar-refractivity contribution in [3.8, 4) is 11.3 Å². The summed E-state index contributed by atoms with van der Waals surface area (Å²) in [7, 11) is 1.40. The molecular weight excluding hydrogens is 372 g/mol. The summed E-state index contributed by atoms with van der Waals surface area (Å²) >= 11 is 4.62. The van der Waals surface area contributed by atoms with Crippen LogP contribution in [0.2, 0.25) is 0 Å². The molecular formula is C18H18N2O2S3. The van der Waals surface area contributed by atoms with Crippen molar-refractivity contribution in [2.75, 3.05) is 18.7 Å². The van der Waals surface area contributed by atoms with Crippen molar-refractivity contribution in [1.29, 1.82) is 0 Å². The summed E-state index contributed by atoms with van der Waals surface area (Å²) in [5.74, 6) is -0.306. The molecule has 0 aliphatic heterocycles. The maximum absolute atomic E-state index is 11.8. The van der Waals surface area contributed by atoms with Gasteiger partial charge in [0.25, 0.3) is 0 Å². The van der Waals surface area contributed by atoms with Gasteiger partial charge in [0.1, 0.15) is 4.88 Å². The van der Waals surface area contributed by atoms with Crippen molar-refractivity contribution in [1.82, 2.24) is 4.98 Å². The maximum Gasteiger partial charge on any atom is 0.348 e. The Morgan fingerprint density at radius 1 is 1.32 bits per heavy atom. The van der Waals surface area contributed by atoms with Crippen molar-refractivity contribution in [2.45, 2.75) is 17.7 Å². The Morgan fingerprint density at radius 3 is 2.76 bits per heavy atom. The Morgan fingerprint density at radius 2 is 2.08 bits per heavy atom. The first-order valence-corrected chi connectivity index (χ1v) is 10.5. The van der Waals surface area contributed by atoms with Crippen LogP contribution in [0.4, 0.5) is 5.13 Å². The summed E-state index contributed by atoms with van der Waals surface area (Å²) in [6.07, 6.45) is 2.00. The number of nitrogens with zero attached hydrogens (tertiary/aromatic N) is 1. The van der Waals surface area contributed by atoms with Gasteiger partial charge in [0, 0.05) is 17.5 Å². The molecule has 0 aliphatic rings. The molecule has 0 radical (unpaired) electrons. The van der Waals surface area contributed by atoms with Crippen molar-refractivity contribution >= 4 is 45.5 Å². The van der Waals surface area contributed by atoms with E-state index in [1.807, 2.05) is 17.7 Å². The minimum Gasteiger partial charge on any atom is -0.465 e. The number of esters is 1. The van der Waals surface area contributed by atoms with Crippen molar-refractivity contribution in [3.05, 3.63) is 51.7 Å². The number of anilines is 1. The second-order valence-corrected chi connectivity index (χ2v) is 8.37. The number of carbonyl (C=O) groups is 1. The predicted molar refractivity (Wildman–Crippen MR) is 107 cm³/mol. The van der Waals surface area contributed by atoms with Gasteiger partial charge in [-0.1, -0.05) is 29.8 Å². The number of aromatic nitrogens is 1. The van der Waals surface area contributed by atoms with Crippen molar-refractivity contribution in [3.63, 3.8) is 0 Å². The highest BCUT2D eigenvalue weighted by molar-refractivity contribution is 8.00. The van der Waals surface area contributed by atoms with E-state index >= 15 is 0 Å². The third-order valence-corrected chi connectivity index (χ3v) is 6.66. The highest BCUT2D eigenvalue weighted by atomic mass is 32.2. The first-order chi connectivity index (χ1) is 12.1. The Kier molecular flexibility index (Phi) is 5.78. The second-order valence-electron chi connectivity index (χ2n) is 5.38. The number of rotatable bonds is 6. The smallest absolute Gasteiger partial charge is 0.348 e. The molecule has 0 atom stereocenters. The number of carbonyl (C=O) groups excluding carboxylic acids is 1. The van der Waals surface area contributed by atoms with Crippen LogP contribution >= 0.6 is 34.4 Å². The molecule has 3 aromatic rings. The minimum absolute atomic E-state index is 0.306. The number of methoxy groups -OCH3 is 1. The molecule has 4 nitrogen and oxygen atoms in total. The van der Waals surface area contributed by atoms with Gasteiger partial charge in [-0.05, 0) is 24.8 Å². The molecule has 0 aliphatic carbocycles. The molecule has 0 bridgehead atoms. The number of aryl methyl sites for hydroxylation is 1. The topological polar surface area (TPSA) is 51.2 Å². The Balaban J connectivity index is 1.75. The zero-order valence-corrected chi connectivity index (χ0v) is 16.6. The summed E-state index contributed by atoms with van der Waals surface area (Å²) in [6.45, 7) is 2.82. The van der Waals surface area contributed by atoms with Crippen LogP contribution in [0.25, 0.3) is 11.3 Å². The van der Waals surface area contributed by atoms with E-state index in [1.54, 1.807) is 23.1 Å². The molecule has 130 valence electrons. The third kappa shape index (κ3) is 4.23. The number of nitrogens with one attached hydrogen (secondary N) is 1. The zero-order chi connectivity index (χ0) is 17.8. The van der Waals surface area contributed by atoms with Gasteiger partial charge in [-0.15, -0.1) is 34.4 Å². The fourth-order valence-electron chi connectivity index (χ4n) is 2.27. The van der Waals surface area contributed by atoms with Crippen LogP contribution in [0.15, 0.2) is 39.9 Å². The Labute approximate surface area is 159 Å². The summed E-state index contributed by atoms with van der Waals surface area (Å²) < 4.78 is 5.88. The van der Waals surface area contributed by atoms with Gasteiger partial charge in [0.15, 0.2) is 5.13 Å². The number of hydrogen-bond donors (Lipinski definition) is 1. The largest absolute Gasteiger partial charge is 0.465 e. The highest BCUT2D eigenvalue weighted by Gasteiger charge is 2.17. The second kappa shape index (κ2) is 8.03. The SMILES string of the molecule is COC(=O)c1cc(-c2csc(NCc3ccc(C)cc3)n2)c(SC)s1. The molecule has 3 rings (SSSR count). The highest BCUT2D eigenvalue weighted by Crippen LogP contribution is 2.39. The lowest BCUT2D eigenvalue weighted by Gasteiger charge is -2.03. The Bertz CT molecular complexity index is 869. The summed E-state index contributed by atoms with van der Waals surface area (Å²) in [4.78, 5) is 17.0. The van der Waals surface area contributed by atoms with E-state index in [0.717, 1.165) is 27.1 Å². The molecule has 1 aromatic carbocycles. The molecule has 0 fully saturated rings. The number of thioether (sulfide) groups is 1. The van der Waals surface area contributed by atoms with Gasteiger partial charge < -0.3 is 10.1 Å². The van der Waals surface area contributed by atoms with Crippen LogP contribution < -0.4 is 5.32 Å². The van der Waals surface area contributed by atoms with Crippen LogP contribution in [0.5, 0.6) is 0 Å². The zero-order valence-electron chi connectivity index (χ0n) is 14.2. The van der Waals surface area contributed by atoms with Crippen LogP contribution in [0.3, 0.4) is 0 Å². The monoisotopic (exact) mass is 390 g/mol. The first kappa shape index (κ1) is 18.0. The van der Waals surface area contributed by atoms with E-state index in [0.29, 0.717) is 4.88 Å².